The molecule has 1 aliphatic rings. The second-order valence-electron chi connectivity index (χ2n) is 7.28. The molecule has 1 amide bonds. The monoisotopic (exact) mass is 444 g/mol. The minimum atomic E-state index is -3.81. The van der Waals surface area contributed by atoms with Gasteiger partial charge >= 0.3 is 0 Å². The van der Waals surface area contributed by atoms with Crippen molar-refractivity contribution in [1.82, 2.24) is 14.5 Å². The lowest BCUT2D eigenvalue weighted by Gasteiger charge is -2.23. The number of primary sulfonamides is 1. The van der Waals surface area contributed by atoms with Gasteiger partial charge in [0.2, 0.25) is 15.9 Å². The normalized spacial score (nSPS) is 15.6. The third-order valence-electron chi connectivity index (χ3n) is 5.30. The highest BCUT2D eigenvalue weighted by molar-refractivity contribution is 8.00. The number of fused-ring (bicyclic) bond motifs is 1. The Morgan fingerprint density at radius 3 is 2.50 bits per heavy atom. The average Bonchev–Trinajstić information content (AvgIpc) is 3.38. The van der Waals surface area contributed by atoms with Gasteiger partial charge < -0.3 is 9.47 Å². The van der Waals surface area contributed by atoms with Crippen LogP contribution in [0.25, 0.3) is 11.0 Å². The minimum absolute atomic E-state index is 0.0278. The van der Waals surface area contributed by atoms with Crippen LogP contribution < -0.4 is 5.14 Å². The zero-order valence-electron chi connectivity index (χ0n) is 16.7. The van der Waals surface area contributed by atoms with Crippen molar-refractivity contribution in [3.63, 3.8) is 0 Å². The fraction of sp³-hybridized carbons (Fsp3) is 0.333. The van der Waals surface area contributed by atoms with E-state index < -0.39 is 15.3 Å². The third-order valence-corrected chi connectivity index (χ3v) is 7.44. The Morgan fingerprint density at radius 2 is 1.87 bits per heavy atom. The molecule has 1 aliphatic heterocycles. The van der Waals surface area contributed by atoms with Crippen LogP contribution >= 0.6 is 11.8 Å². The molecule has 1 fully saturated rings. The molecule has 0 saturated carbocycles. The smallest absolute Gasteiger partial charge is 0.240 e. The Morgan fingerprint density at radius 1 is 1.17 bits per heavy atom. The van der Waals surface area contributed by atoms with Crippen molar-refractivity contribution >= 4 is 38.7 Å². The SMILES string of the molecule is CCn1c(S[C@@H](C(=O)N2CCCC2)c2ccccc2)nc2cc(S(N)(=O)=O)ccc21. The van der Waals surface area contributed by atoms with E-state index in [9.17, 15) is 13.2 Å². The van der Waals surface area contributed by atoms with Crippen molar-refractivity contribution in [2.45, 2.75) is 41.6 Å². The van der Waals surface area contributed by atoms with E-state index >= 15 is 0 Å². The highest BCUT2D eigenvalue weighted by Crippen LogP contribution is 2.38. The summed E-state index contributed by atoms with van der Waals surface area (Å²) in [6.07, 6.45) is 2.06. The number of rotatable bonds is 6. The number of hydrogen-bond acceptors (Lipinski definition) is 5. The zero-order valence-corrected chi connectivity index (χ0v) is 18.3. The van der Waals surface area contributed by atoms with Crippen molar-refractivity contribution in [1.29, 1.82) is 0 Å². The number of thioether (sulfide) groups is 1. The second-order valence-corrected chi connectivity index (χ2v) is 9.91. The van der Waals surface area contributed by atoms with Gasteiger partial charge in [0.15, 0.2) is 5.16 Å². The van der Waals surface area contributed by atoms with E-state index in [1.54, 1.807) is 6.07 Å². The Kier molecular flexibility index (Phi) is 5.86. The summed E-state index contributed by atoms with van der Waals surface area (Å²) >= 11 is 1.41. The summed E-state index contributed by atoms with van der Waals surface area (Å²) in [5.74, 6) is 0.0867. The number of aryl methyl sites for hydroxylation is 1. The Bertz CT molecular complexity index is 1170. The van der Waals surface area contributed by atoms with Gasteiger partial charge in [0.05, 0.1) is 15.9 Å². The molecule has 30 heavy (non-hydrogen) atoms. The lowest BCUT2D eigenvalue weighted by atomic mass is 10.1. The molecule has 2 heterocycles. The molecule has 1 aromatic heterocycles. The number of carbonyl (C=O) groups excluding carboxylic acids is 1. The summed E-state index contributed by atoms with van der Waals surface area (Å²) in [6.45, 7) is 4.21. The largest absolute Gasteiger partial charge is 0.341 e. The maximum absolute atomic E-state index is 13.3. The van der Waals surface area contributed by atoms with Crippen molar-refractivity contribution in [3.05, 3.63) is 54.1 Å². The fourth-order valence-electron chi connectivity index (χ4n) is 3.76. The Labute approximate surface area is 180 Å². The molecule has 7 nitrogen and oxygen atoms in total. The van der Waals surface area contributed by atoms with Crippen LogP contribution in [0, 0.1) is 0 Å². The molecular formula is C21H24N4O3S2. The van der Waals surface area contributed by atoms with Crippen LogP contribution in [0.5, 0.6) is 0 Å². The van der Waals surface area contributed by atoms with Crippen LogP contribution in [0.3, 0.4) is 0 Å². The molecule has 1 saturated heterocycles. The molecule has 2 N–H and O–H groups in total. The van der Waals surface area contributed by atoms with E-state index in [4.69, 9.17) is 5.14 Å². The predicted octanol–water partition coefficient (Wildman–Crippen LogP) is 3.16. The summed E-state index contributed by atoms with van der Waals surface area (Å²) in [6, 6.07) is 14.4. The van der Waals surface area contributed by atoms with E-state index in [-0.39, 0.29) is 10.8 Å². The van der Waals surface area contributed by atoms with Gasteiger partial charge in [0.25, 0.3) is 0 Å². The first kappa shape index (κ1) is 20.9. The summed E-state index contributed by atoms with van der Waals surface area (Å²) in [5.41, 5.74) is 2.29. The Balaban J connectivity index is 1.75. The number of carbonyl (C=O) groups is 1. The molecule has 0 aliphatic carbocycles. The van der Waals surface area contributed by atoms with Gasteiger partial charge in [0, 0.05) is 19.6 Å². The molecule has 9 heteroatoms. The molecular weight excluding hydrogens is 420 g/mol. The van der Waals surface area contributed by atoms with Crippen molar-refractivity contribution in [3.8, 4) is 0 Å². The highest BCUT2D eigenvalue weighted by atomic mass is 32.2. The predicted molar refractivity (Wildman–Crippen MR) is 118 cm³/mol. The first-order valence-corrected chi connectivity index (χ1v) is 12.3. The Hall–Kier alpha value is -2.36. The molecule has 1 atom stereocenters. The minimum Gasteiger partial charge on any atom is -0.341 e. The number of imidazole rings is 1. The summed E-state index contributed by atoms with van der Waals surface area (Å²) in [4.78, 5) is 19.9. The van der Waals surface area contributed by atoms with Gasteiger partial charge in [-0.2, -0.15) is 0 Å². The van der Waals surface area contributed by atoms with Crippen LogP contribution in [0.4, 0.5) is 0 Å². The first-order chi connectivity index (χ1) is 14.4. The van der Waals surface area contributed by atoms with E-state index in [2.05, 4.69) is 4.98 Å². The summed E-state index contributed by atoms with van der Waals surface area (Å²) in [7, 11) is -3.81. The molecule has 4 rings (SSSR count). The molecule has 158 valence electrons. The average molecular weight is 445 g/mol. The summed E-state index contributed by atoms with van der Waals surface area (Å²) in [5, 5.41) is 5.54. The van der Waals surface area contributed by atoms with Gasteiger partial charge in [-0.1, -0.05) is 42.1 Å². The number of nitrogens with zero attached hydrogens (tertiary/aromatic N) is 3. The number of aromatic nitrogens is 2. The molecule has 0 unspecified atom stereocenters. The second kappa shape index (κ2) is 8.41. The fourth-order valence-corrected chi connectivity index (χ4v) is 5.55. The zero-order chi connectivity index (χ0) is 21.3. The molecule has 3 aromatic rings. The number of nitrogens with two attached hydrogens (primary N) is 1. The first-order valence-electron chi connectivity index (χ1n) is 9.92. The van der Waals surface area contributed by atoms with E-state index in [1.165, 1.54) is 23.9 Å². The molecule has 2 aromatic carbocycles. The van der Waals surface area contributed by atoms with E-state index in [0.717, 1.165) is 37.0 Å². The number of benzene rings is 2. The molecule has 0 radical (unpaired) electrons. The van der Waals surface area contributed by atoms with Crippen LogP contribution in [0.1, 0.15) is 30.6 Å². The standard InChI is InChI=1S/C21H24N4O3S2/c1-2-25-18-11-10-16(30(22,27)28)14-17(18)23-21(25)29-19(15-8-4-3-5-9-15)20(26)24-12-6-7-13-24/h3-5,8-11,14,19H,2,6-7,12-13H2,1H3,(H2,22,27,28)/t19-/m1/s1. The quantitative estimate of drug-likeness (QED) is 0.589. The number of hydrogen-bond donors (Lipinski definition) is 1. The van der Waals surface area contributed by atoms with E-state index in [1.807, 2.05) is 46.7 Å². The van der Waals surface area contributed by atoms with Crippen molar-refractivity contribution < 1.29 is 13.2 Å². The topological polar surface area (TPSA) is 98.3 Å². The summed E-state index contributed by atoms with van der Waals surface area (Å²) < 4.78 is 25.4. The molecule has 0 bridgehead atoms. The van der Waals surface area contributed by atoms with Crippen molar-refractivity contribution in [2.24, 2.45) is 5.14 Å². The van der Waals surface area contributed by atoms with Gasteiger partial charge in [0.1, 0.15) is 5.25 Å². The van der Waals surface area contributed by atoms with Gasteiger partial charge in [-0.3, -0.25) is 4.79 Å². The highest BCUT2D eigenvalue weighted by Gasteiger charge is 2.30. The van der Waals surface area contributed by atoms with Crippen LogP contribution in [-0.4, -0.2) is 41.9 Å². The van der Waals surface area contributed by atoms with Gasteiger partial charge in [-0.25, -0.2) is 18.5 Å². The van der Waals surface area contributed by atoms with Crippen LogP contribution in [0.2, 0.25) is 0 Å². The van der Waals surface area contributed by atoms with Crippen molar-refractivity contribution in [2.75, 3.05) is 13.1 Å². The maximum Gasteiger partial charge on any atom is 0.240 e. The third kappa shape index (κ3) is 4.10. The number of amides is 1. The van der Waals surface area contributed by atoms with Gasteiger partial charge in [-0.15, -0.1) is 0 Å². The maximum atomic E-state index is 13.3. The van der Waals surface area contributed by atoms with Gasteiger partial charge in [-0.05, 0) is 43.5 Å². The lowest BCUT2D eigenvalue weighted by molar-refractivity contribution is -0.129. The van der Waals surface area contributed by atoms with Crippen LogP contribution in [-0.2, 0) is 21.4 Å². The lowest BCUT2D eigenvalue weighted by Crippen LogP contribution is -2.31. The molecule has 0 spiro atoms. The van der Waals surface area contributed by atoms with Crippen LogP contribution in [0.15, 0.2) is 58.6 Å². The van der Waals surface area contributed by atoms with E-state index in [0.29, 0.717) is 17.2 Å². The number of likely N-dealkylation sites (tertiary alicyclic amines) is 1. The number of sulfonamides is 1.